The Morgan fingerprint density at radius 3 is 2.26 bits per heavy atom. The lowest BCUT2D eigenvalue weighted by Crippen LogP contribution is -2.31. The molecule has 99 valence electrons. The summed E-state index contributed by atoms with van der Waals surface area (Å²) in [5, 5.41) is 0. The van der Waals surface area contributed by atoms with Crippen LogP contribution in [-0.4, -0.2) is 8.42 Å². The molecule has 0 saturated heterocycles. The van der Waals surface area contributed by atoms with Gasteiger partial charge in [-0.05, 0) is 29.8 Å². The minimum atomic E-state index is -3.73. The SMILES string of the molecule is O=S(=O)(N[N]Cc1ccccc1)c1ccc(F)cc1. The van der Waals surface area contributed by atoms with Crippen LogP contribution in [0.4, 0.5) is 4.39 Å². The lowest BCUT2D eigenvalue weighted by atomic mass is 10.2. The van der Waals surface area contributed by atoms with E-state index in [0.29, 0.717) is 0 Å². The lowest BCUT2D eigenvalue weighted by Gasteiger charge is -2.06. The molecular weight excluding hydrogens is 267 g/mol. The Morgan fingerprint density at radius 2 is 1.63 bits per heavy atom. The molecule has 1 radical (unpaired) electrons. The van der Waals surface area contributed by atoms with E-state index in [4.69, 9.17) is 0 Å². The monoisotopic (exact) mass is 279 g/mol. The molecule has 2 rings (SSSR count). The van der Waals surface area contributed by atoms with Gasteiger partial charge in [-0.1, -0.05) is 30.3 Å². The number of hydrogen-bond acceptors (Lipinski definition) is 2. The van der Waals surface area contributed by atoms with Gasteiger partial charge in [0.05, 0.1) is 11.4 Å². The van der Waals surface area contributed by atoms with Crippen molar-refractivity contribution in [3.8, 4) is 0 Å². The Hall–Kier alpha value is -1.76. The molecule has 0 spiro atoms. The van der Waals surface area contributed by atoms with Crippen LogP contribution < -0.4 is 10.3 Å². The third-order valence-corrected chi connectivity index (χ3v) is 3.68. The summed E-state index contributed by atoms with van der Waals surface area (Å²) in [4.78, 5) is 2.10. The van der Waals surface area contributed by atoms with Crippen LogP contribution in [0.5, 0.6) is 0 Å². The van der Waals surface area contributed by atoms with Crippen molar-refractivity contribution < 1.29 is 12.8 Å². The Kier molecular flexibility index (Phi) is 4.26. The first kappa shape index (κ1) is 13.7. The molecule has 1 N–H and O–H groups in total. The Labute approximate surface area is 111 Å². The fourth-order valence-electron chi connectivity index (χ4n) is 1.46. The molecule has 0 atom stereocenters. The highest BCUT2D eigenvalue weighted by Gasteiger charge is 2.13. The summed E-state index contributed by atoms with van der Waals surface area (Å²) >= 11 is 0. The third-order valence-electron chi connectivity index (χ3n) is 2.41. The summed E-state index contributed by atoms with van der Waals surface area (Å²) in [6.45, 7) is 0.237. The standard InChI is InChI=1S/C13H12FN2O2S/c14-12-6-8-13(9-7-12)19(17,18)16-15-10-11-4-2-1-3-5-11/h1-9,16H,10H2. The van der Waals surface area contributed by atoms with Crippen molar-refractivity contribution in [3.63, 3.8) is 0 Å². The van der Waals surface area contributed by atoms with Crippen molar-refractivity contribution in [2.24, 2.45) is 0 Å². The van der Waals surface area contributed by atoms with E-state index < -0.39 is 15.8 Å². The molecule has 0 aliphatic carbocycles. The van der Waals surface area contributed by atoms with Gasteiger partial charge in [0.25, 0.3) is 10.0 Å². The number of halogens is 1. The first-order valence-corrected chi connectivity index (χ1v) is 7.04. The number of rotatable bonds is 5. The average molecular weight is 279 g/mol. The van der Waals surface area contributed by atoms with Crippen molar-refractivity contribution in [2.75, 3.05) is 0 Å². The fraction of sp³-hybridized carbons (Fsp3) is 0.0769. The van der Waals surface area contributed by atoms with Gasteiger partial charge in [0, 0.05) is 0 Å². The van der Waals surface area contributed by atoms with E-state index in [2.05, 4.69) is 10.3 Å². The summed E-state index contributed by atoms with van der Waals surface area (Å²) in [5.74, 6) is -0.486. The maximum atomic E-state index is 12.7. The van der Waals surface area contributed by atoms with Crippen molar-refractivity contribution in [3.05, 3.63) is 66.0 Å². The fourth-order valence-corrected chi connectivity index (χ4v) is 2.29. The highest BCUT2D eigenvalue weighted by molar-refractivity contribution is 7.89. The maximum Gasteiger partial charge on any atom is 0.254 e. The highest BCUT2D eigenvalue weighted by Crippen LogP contribution is 2.09. The molecule has 0 saturated carbocycles. The molecule has 0 heterocycles. The number of benzene rings is 2. The van der Waals surface area contributed by atoms with Gasteiger partial charge in [-0.25, -0.2) is 12.8 Å². The first-order chi connectivity index (χ1) is 9.08. The number of hydrogen-bond donors (Lipinski definition) is 1. The Balaban J connectivity index is 1.97. The van der Waals surface area contributed by atoms with E-state index in [1.165, 1.54) is 12.1 Å². The van der Waals surface area contributed by atoms with Crippen LogP contribution >= 0.6 is 0 Å². The summed E-state index contributed by atoms with van der Waals surface area (Å²) in [7, 11) is -3.73. The maximum absolute atomic E-state index is 12.7. The molecule has 0 fully saturated rings. The minimum absolute atomic E-state index is 0.0225. The van der Waals surface area contributed by atoms with Gasteiger partial charge >= 0.3 is 0 Å². The summed E-state index contributed by atoms with van der Waals surface area (Å²) in [5.41, 5.74) is 4.67. The van der Waals surface area contributed by atoms with Crippen molar-refractivity contribution >= 4 is 10.0 Å². The Bertz CT molecular complexity index is 627. The van der Waals surface area contributed by atoms with Crippen molar-refractivity contribution in [2.45, 2.75) is 11.4 Å². The zero-order chi connectivity index (χ0) is 13.7. The van der Waals surface area contributed by atoms with Crippen LogP contribution in [0, 0.1) is 5.82 Å². The lowest BCUT2D eigenvalue weighted by molar-refractivity contribution is 0.550. The average Bonchev–Trinajstić information content (AvgIpc) is 2.40. The topological polar surface area (TPSA) is 60.3 Å². The molecular formula is C13H12FN2O2S. The summed E-state index contributed by atoms with van der Waals surface area (Å²) in [6, 6.07) is 13.8. The van der Waals surface area contributed by atoms with E-state index in [0.717, 1.165) is 17.7 Å². The van der Waals surface area contributed by atoms with E-state index in [9.17, 15) is 12.8 Å². The normalized spacial score (nSPS) is 11.4. The van der Waals surface area contributed by atoms with Gasteiger partial charge in [0.2, 0.25) is 0 Å². The summed E-state index contributed by atoms with van der Waals surface area (Å²) < 4.78 is 36.3. The number of sulfonamides is 1. The van der Waals surface area contributed by atoms with Crippen molar-refractivity contribution in [1.82, 2.24) is 10.3 Å². The van der Waals surface area contributed by atoms with Crippen LogP contribution in [-0.2, 0) is 16.6 Å². The molecule has 19 heavy (non-hydrogen) atoms. The number of nitrogens with zero attached hydrogens (tertiary/aromatic N) is 1. The van der Waals surface area contributed by atoms with Crippen LogP contribution in [0.1, 0.15) is 5.56 Å². The molecule has 6 heteroatoms. The van der Waals surface area contributed by atoms with Gasteiger partial charge in [0.15, 0.2) is 0 Å². The van der Waals surface area contributed by atoms with E-state index in [-0.39, 0.29) is 11.4 Å². The molecule has 2 aromatic carbocycles. The van der Waals surface area contributed by atoms with Gasteiger partial charge in [-0.3, -0.25) is 0 Å². The van der Waals surface area contributed by atoms with E-state index in [1.807, 2.05) is 30.3 Å². The van der Waals surface area contributed by atoms with Gasteiger partial charge in [0.1, 0.15) is 5.82 Å². The van der Waals surface area contributed by atoms with Gasteiger partial charge in [-0.2, -0.15) is 0 Å². The number of nitrogens with one attached hydrogen (secondary N) is 1. The zero-order valence-corrected chi connectivity index (χ0v) is 10.8. The predicted molar refractivity (Wildman–Crippen MR) is 69.0 cm³/mol. The molecule has 0 unspecified atom stereocenters. The van der Waals surface area contributed by atoms with Crippen LogP contribution in [0.25, 0.3) is 0 Å². The van der Waals surface area contributed by atoms with Crippen LogP contribution in [0.2, 0.25) is 0 Å². The largest absolute Gasteiger partial charge is 0.254 e. The van der Waals surface area contributed by atoms with Crippen LogP contribution in [0.3, 0.4) is 0 Å². The van der Waals surface area contributed by atoms with E-state index >= 15 is 0 Å². The molecule has 4 nitrogen and oxygen atoms in total. The second-order valence-electron chi connectivity index (χ2n) is 3.85. The molecule has 0 aromatic heterocycles. The quantitative estimate of drug-likeness (QED) is 0.849. The molecule has 0 aliphatic heterocycles. The smallest absolute Gasteiger partial charge is 0.207 e. The second-order valence-corrected chi connectivity index (χ2v) is 5.51. The van der Waals surface area contributed by atoms with Crippen molar-refractivity contribution in [1.29, 1.82) is 0 Å². The third kappa shape index (κ3) is 3.85. The molecule has 0 amide bonds. The molecule has 0 bridgehead atoms. The first-order valence-electron chi connectivity index (χ1n) is 5.56. The zero-order valence-electron chi connectivity index (χ0n) is 9.95. The van der Waals surface area contributed by atoms with E-state index in [1.54, 1.807) is 0 Å². The Morgan fingerprint density at radius 1 is 1.00 bits per heavy atom. The van der Waals surface area contributed by atoms with Crippen LogP contribution in [0.15, 0.2) is 59.5 Å². The second kappa shape index (κ2) is 5.92. The molecule has 0 aliphatic rings. The highest BCUT2D eigenvalue weighted by atomic mass is 32.2. The van der Waals surface area contributed by atoms with Gasteiger partial charge in [-0.15, -0.1) is 10.3 Å². The minimum Gasteiger partial charge on any atom is -0.207 e. The molecule has 2 aromatic rings. The summed E-state index contributed by atoms with van der Waals surface area (Å²) in [6.07, 6.45) is 0. The predicted octanol–water partition coefficient (Wildman–Crippen LogP) is 1.82. The van der Waals surface area contributed by atoms with Gasteiger partial charge < -0.3 is 0 Å².